The number of amides is 1. The molecule has 0 saturated carbocycles. The van der Waals surface area contributed by atoms with Crippen molar-refractivity contribution in [3.8, 4) is 0 Å². The van der Waals surface area contributed by atoms with Gasteiger partial charge in [-0.3, -0.25) is 4.79 Å². The highest BCUT2D eigenvalue weighted by Gasteiger charge is 2.46. The molecule has 3 nitrogen and oxygen atoms in total. The lowest BCUT2D eigenvalue weighted by Crippen LogP contribution is -2.24. The fourth-order valence-electron chi connectivity index (χ4n) is 1.03. The van der Waals surface area contributed by atoms with Crippen LogP contribution < -0.4 is 5.32 Å². The molecule has 1 rings (SSSR count). The molecule has 0 fully saturated rings. The summed E-state index contributed by atoms with van der Waals surface area (Å²) < 4.78 is 47.4. The molecular formula is C9H8F3NO2S. The van der Waals surface area contributed by atoms with Gasteiger partial charge in [0.2, 0.25) is 0 Å². The summed E-state index contributed by atoms with van der Waals surface area (Å²) in [5.74, 6) is -0.527. The topological polar surface area (TPSA) is 52.2 Å². The lowest BCUT2D eigenvalue weighted by molar-refractivity contribution is -0.0435. The van der Waals surface area contributed by atoms with Gasteiger partial charge in [0.05, 0.1) is 11.2 Å². The molecule has 0 aromatic heterocycles. The van der Waals surface area contributed by atoms with Crippen LogP contribution in [0, 0.1) is 0 Å². The van der Waals surface area contributed by atoms with Crippen LogP contribution >= 0.6 is 0 Å². The molecule has 88 valence electrons. The van der Waals surface area contributed by atoms with Crippen LogP contribution in [-0.2, 0) is 11.2 Å². The largest absolute Gasteiger partial charge is 0.604 e. The van der Waals surface area contributed by atoms with Crippen molar-refractivity contribution >= 4 is 17.1 Å². The van der Waals surface area contributed by atoms with Gasteiger partial charge in [-0.05, 0) is 12.1 Å². The van der Waals surface area contributed by atoms with Crippen LogP contribution in [-0.4, -0.2) is 23.0 Å². The number of halogens is 3. The Labute approximate surface area is 92.8 Å². The summed E-state index contributed by atoms with van der Waals surface area (Å²) in [5.41, 5.74) is -4.78. The van der Waals surface area contributed by atoms with E-state index >= 15 is 0 Å². The molecule has 0 aliphatic carbocycles. The van der Waals surface area contributed by atoms with Gasteiger partial charge in [0, 0.05) is 18.7 Å². The molecule has 0 bridgehead atoms. The highest BCUT2D eigenvalue weighted by molar-refractivity contribution is 7.92. The van der Waals surface area contributed by atoms with Gasteiger partial charge < -0.3 is 9.87 Å². The summed E-state index contributed by atoms with van der Waals surface area (Å²) in [4.78, 5) is 10.7. The van der Waals surface area contributed by atoms with Crippen molar-refractivity contribution in [3.05, 3.63) is 29.8 Å². The average Bonchev–Trinajstić information content (AvgIpc) is 2.26. The Bertz CT molecular complexity index is 395. The zero-order valence-corrected chi connectivity index (χ0v) is 8.98. The predicted molar refractivity (Wildman–Crippen MR) is 52.3 cm³/mol. The fraction of sp³-hybridized carbons (Fsp3) is 0.222. The van der Waals surface area contributed by atoms with E-state index in [0.29, 0.717) is 0 Å². The van der Waals surface area contributed by atoms with E-state index in [-0.39, 0.29) is 5.56 Å². The minimum atomic E-state index is -4.82. The van der Waals surface area contributed by atoms with Gasteiger partial charge in [-0.25, -0.2) is 0 Å². The number of nitrogens with one attached hydrogen (secondary N) is 1. The first kappa shape index (κ1) is 12.9. The van der Waals surface area contributed by atoms with Crippen LogP contribution in [0.2, 0.25) is 0 Å². The van der Waals surface area contributed by atoms with Crippen LogP contribution in [0.3, 0.4) is 0 Å². The molecule has 0 saturated heterocycles. The van der Waals surface area contributed by atoms with Crippen molar-refractivity contribution in [3.63, 3.8) is 0 Å². The van der Waals surface area contributed by atoms with Crippen molar-refractivity contribution in [2.24, 2.45) is 0 Å². The fourth-order valence-corrected chi connectivity index (χ4v) is 1.73. The van der Waals surface area contributed by atoms with Gasteiger partial charge in [-0.2, -0.15) is 0 Å². The molecule has 1 unspecified atom stereocenters. The Kier molecular flexibility index (Phi) is 3.82. The maximum absolute atomic E-state index is 12.1. The number of carbonyl (C=O) groups excluding carboxylic acids is 1. The van der Waals surface area contributed by atoms with Gasteiger partial charge in [-0.15, -0.1) is 13.2 Å². The lowest BCUT2D eigenvalue weighted by Gasteiger charge is -2.12. The molecular weight excluding hydrogens is 243 g/mol. The van der Waals surface area contributed by atoms with E-state index in [1.807, 2.05) is 0 Å². The van der Waals surface area contributed by atoms with Crippen molar-refractivity contribution in [2.45, 2.75) is 10.4 Å². The molecule has 0 aliphatic heterocycles. The van der Waals surface area contributed by atoms with E-state index in [0.717, 1.165) is 12.1 Å². The third-order valence-corrected chi connectivity index (χ3v) is 2.85. The minimum absolute atomic E-state index is 0.0394. The molecule has 16 heavy (non-hydrogen) atoms. The average molecular weight is 251 g/mol. The summed E-state index contributed by atoms with van der Waals surface area (Å²) in [6, 6.07) is 4.62. The van der Waals surface area contributed by atoms with E-state index in [9.17, 15) is 22.5 Å². The molecule has 0 radical (unpaired) electrons. The summed E-state index contributed by atoms with van der Waals surface area (Å²) in [6.45, 7) is 0. The Morgan fingerprint density at radius 2 is 2.06 bits per heavy atom. The molecule has 0 heterocycles. The third kappa shape index (κ3) is 2.89. The van der Waals surface area contributed by atoms with Gasteiger partial charge in [0.15, 0.2) is 4.90 Å². The van der Waals surface area contributed by atoms with Gasteiger partial charge in [0.1, 0.15) is 0 Å². The van der Waals surface area contributed by atoms with Gasteiger partial charge in [-0.1, -0.05) is 6.07 Å². The SMILES string of the molecule is CNC(=O)c1cccc([S+]([O-])C(F)(F)F)c1. The minimum Gasteiger partial charge on any atom is -0.604 e. The van der Waals surface area contributed by atoms with Crippen molar-refractivity contribution in [1.29, 1.82) is 0 Å². The molecule has 1 N–H and O–H groups in total. The lowest BCUT2D eigenvalue weighted by atomic mass is 10.2. The Morgan fingerprint density at radius 1 is 1.44 bits per heavy atom. The maximum Gasteiger partial charge on any atom is 0.578 e. The highest BCUT2D eigenvalue weighted by Crippen LogP contribution is 2.30. The standard InChI is InChI=1S/C9H8F3NO2S/c1-13-8(14)6-3-2-4-7(5-6)16(15)9(10,11)12/h2-5H,1H3,(H,13,14). The molecule has 0 aliphatic rings. The molecule has 1 amide bonds. The molecule has 0 spiro atoms. The van der Waals surface area contributed by atoms with E-state index in [4.69, 9.17) is 0 Å². The second-order valence-corrected chi connectivity index (χ2v) is 4.29. The normalized spacial score (nSPS) is 13.3. The van der Waals surface area contributed by atoms with Crippen molar-refractivity contribution < 1.29 is 22.5 Å². The number of hydrogen-bond acceptors (Lipinski definition) is 2. The number of benzene rings is 1. The predicted octanol–water partition coefficient (Wildman–Crippen LogP) is 1.67. The van der Waals surface area contributed by atoms with Crippen LogP contribution in [0.4, 0.5) is 13.2 Å². The molecule has 1 aromatic carbocycles. The number of alkyl halides is 3. The number of hydrogen-bond donors (Lipinski definition) is 1. The Morgan fingerprint density at radius 3 is 2.56 bits per heavy atom. The Hall–Kier alpha value is -1.21. The van der Waals surface area contributed by atoms with Crippen molar-refractivity contribution in [2.75, 3.05) is 7.05 Å². The van der Waals surface area contributed by atoms with Gasteiger partial charge >= 0.3 is 5.51 Å². The zero-order chi connectivity index (χ0) is 12.3. The smallest absolute Gasteiger partial charge is 0.578 e. The van der Waals surface area contributed by atoms with Crippen LogP contribution in [0.1, 0.15) is 10.4 Å². The summed E-state index contributed by atoms with van der Waals surface area (Å²) >= 11 is -3.11. The monoisotopic (exact) mass is 251 g/mol. The summed E-state index contributed by atoms with van der Waals surface area (Å²) in [5, 5.41) is 2.27. The third-order valence-electron chi connectivity index (χ3n) is 1.75. The first-order chi connectivity index (χ1) is 7.36. The van der Waals surface area contributed by atoms with Crippen molar-refractivity contribution in [1.82, 2.24) is 5.32 Å². The highest BCUT2D eigenvalue weighted by atomic mass is 32.2. The quantitative estimate of drug-likeness (QED) is 0.813. The maximum atomic E-state index is 12.1. The number of rotatable bonds is 2. The Balaban J connectivity index is 3.03. The first-order valence-corrected chi connectivity index (χ1v) is 5.32. The molecule has 7 heteroatoms. The molecule has 1 aromatic rings. The van der Waals surface area contributed by atoms with E-state index in [1.54, 1.807) is 0 Å². The number of carbonyl (C=O) groups is 1. The van der Waals surface area contributed by atoms with E-state index < -0.39 is 27.5 Å². The second kappa shape index (κ2) is 4.75. The molecule has 1 atom stereocenters. The van der Waals surface area contributed by atoms with Gasteiger partial charge in [0.25, 0.3) is 5.91 Å². The van der Waals surface area contributed by atoms with Crippen LogP contribution in [0.25, 0.3) is 0 Å². The van der Waals surface area contributed by atoms with Crippen LogP contribution in [0.5, 0.6) is 0 Å². The summed E-state index contributed by atoms with van der Waals surface area (Å²) in [6.07, 6.45) is 0. The van der Waals surface area contributed by atoms with E-state index in [1.165, 1.54) is 19.2 Å². The van der Waals surface area contributed by atoms with E-state index in [2.05, 4.69) is 5.32 Å². The zero-order valence-electron chi connectivity index (χ0n) is 8.17. The second-order valence-electron chi connectivity index (χ2n) is 2.82. The first-order valence-electron chi connectivity index (χ1n) is 4.17. The summed E-state index contributed by atoms with van der Waals surface area (Å²) in [7, 11) is 1.36. The van der Waals surface area contributed by atoms with Crippen LogP contribution in [0.15, 0.2) is 29.2 Å².